The van der Waals surface area contributed by atoms with Gasteiger partial charge in [0.15, 0.2) is 0 Å². The van der Waals surface area contributed by atoms with Gasteiger partial charge >= 0.3 is 5.97 Å². The number of hydrogen-bond donors (Lipinski definition) is 1. The highest BCUT2D eigenvalue weighted by Gasteiger charge is 2.34. The van der Waals surface area contributed by atoms with E-state index in [1.54, 1.807) is 0 Å². The van der Waals surface area contributed by atoms with Crippen LogP contribution in [0.4, 0.5) is 11.4 Å². The average molecular weight is 385 g/mol. The number of benzene rings is 2. The first-order chi connectivity index (χ1) is 13.4. The Hall–Kier alpha value is -3.82. The summed E-state index contributed by atoms with van der Waals surface area (Å²) in [4.78, 5) is 33.7. The van der Waals surface area contributed by atoms with Crippen LogP contribution in [0.3, 0.4) is 0 Å². The molecule has 10 heteroatoms. The van der Waals surface area contributed by atoms with Crippen molar-refractivity contribution in [1.29, 1.82) is 0 Å². The van der Waals surface area contributed by atoms with E-state index in [9.17, 15) is 30.2 Å². The second-order valence-corrected chi connectivity index (χ2v) is 6.10. The van der Waals surface area contributed by atoms with Crippen molar-refractivity contribution in [3.63, 3.8) is 0 Å². The standard InChI is InChI=1S/C18H15N3O7/c1-2-3-6-28-18(22)15-9-11(21(26)27)8-14-16(15)12-5-4-10(20(24)25)7-13(12)17(14)19-23/h4-5,7-9,23H,2-3,6H2,1H3/b19-17+. The maximum Gasteiger partial charge on any atom is 0.339 e. The molecule has 0 saturated carbocycles. The van der Waals surface area contributed by atoms with Crippen LogP contribution in [0.1, 0.15) is 41.3 Å². The van der Waals surface area contributed by atoms with Gasteiger partial charge in [0, 0.05) is 41.0 Å². The Balaban J connectivity index is 2.23. The summed E-state index contributed by atoms with van der Waals surface area (Å²) in [5, 5.41) is 35.0. The van der Waals surface area contributed by atoms with Crippen molar-refractivity contribution in [2.24, 2.45) is 5.16 Å². The molecule has 0 heterocycles. The van der Waals surface area contributed by atoms with Crippen LogP contribution in [0.5, 0.6) is 0 Å². The van der Waals surface area contributed by atoms with Gasteiger partial charge in [-0.2, -0.15) is 0 Å². The molecular formula is C18H15N3O7. The third-order valence-electron chi connectivity index (χ3n) is 4.38. The predicted octanol–water partition coefficient (Wildman–Crippen LogP) is 3.67. The molecule has 0 aromatic heterocycles. The molecule has 144 valence electrons. The lowest BCUT2D eigenvalue weighted by Gasteiger charge is -2.09. The molecule has 28 heavy (non-hydrogen) atoms. The van der Waals surface area contributed by atoms with Crippen molar-refractivity contribution in [3.8, 4) is 11.1 Å². The molecule has 0 bridgehead atoms. The van der Waals surface area contributed by atoms with E-state index >= 15 is 0 Å². The van der Waals surface area contributed by atoms with Gasteiger partial charge in [-0.3, -0.25) is 20.2 Å². The molecule has 1 N–H and O–H groups in total. The van der Waals surface area contributed by atoms with E-state index in [0.29, 0.717) is 12.0 Å². The molecular weight excluding hydrogens is 370 g/mol. The molecule has 0 atom stereocenters. The first kappa shape index (κ1) is 19.0. The van der Waals surface area contributed by atoms with Crippen LogP contribution in [0.25, 0.3) is 11.1 Å². The number of unbranched alkanes of at least 4 members (excludes halogenated alkanes) is 1. The fourth-order valence-electron chi connectivity index (χ4n) is 3.07. The van der Waals surface area contributed by atoms with E-state index in [1.807, 2.05) is 6.92 Å². The van der Waals surface area contributed by atoms with Crippen LogP contribution < -0.4 is 0 Å². The quantitative estimate of drug-likeness (QED) is 0.224. The number of nitro groups is 2. The van der Waals surface area contributed by atoms with Gasteiger partial charge in [0.25, 0.3) is 11.4 Å². The van der Waals surface area contributed by atoms with Crippen LogP contribution in [0.2, 0.25) is 0 Å². The molecule has 3 rings (SSSR count). The van der Waals surface area contributed by atoms with E-state index in [-0.39, 0.29) is 45.9 Å². The SMILES string of the molecule is CCCCOC(=O)c1cc([N+](=O)[O-])cc2c1-c1ccc([N+](=O)[O-])cc1/C2=N\O. The number of rotatable bonds is 6. The number of non-ortho nitro benzene ring substituents is 2. The summed E-state index contributed by atoms with van der Waals surface area (Å²) in [5.74, 6) is -0.753. The lowest BCUT2D eigenvalue weighted by molar-refractivity contribution is -0.385. The molecule has 0 saturated heterocycles. The molecule has 0 fully saturated rings. The average Bonchev–Trinajstić information content (AvgIpc) is 2.99. The monoisotopic (exact) mass is 385 g/mol. The van der Waals surface area contributed by atoms with Crippen molar-refractivity contribution in [1.82, 2.24) is 0 Å². The number of oxime groups is 1. The summed E-state index contributed by atoms with van der Waals surface area (Å²) in [6.07, 6.45) is 1.43. The van der Waals surface area contributed by atoms with Gasteiger partial charge in [-0.25, -0.2) is 4.79 Å². The number of hydrogen-bond acceptors (Lipinski definition) is 8. The molecule has 1 aliphatic carbocycles. The molecule has 0 unspecified atom stereocenters. The molecule has 0 amide bonds. The molecule has 2 aromatic carbocycles. The Morgan fingerprint density at radius 3 is 2.36 bits per heavy atom. The fourth-order valence-corrected chi connectivity index (χ4v) is 3.07. The van der Waals surface area contributed by atoms with Crippen molar-refractivity contribution in [2.45, 2.75) is 19.8 Å². The van der Waals surface area contributed by atoms with Crippen molar-refractivity contribution in [2.75, 3.05) is 6.61 Å². The van der Waals surface area contributed by atoms with E-state index in [4.69, 9.17) is 4.74 Å². The van der Waals surface area contributed by atoms with E-state index in [2.05, 4.69) is 5.16 Å². The third kappa shape index (κ3) is 3.15. The second-order valence-electron chi connectivity index (χ2n) is 6.10. The number of carbonyl (C=O) groups is 1. The van der Waals surface area contributed by atoms with Crippen molar-refractivity contribution >= 4 is 23.1 Å². The van der Waals surface area contributed by atoms with Gasteiger partial charge in [0.1, 0.15) is 5.71 Å². The Labute approximate surface area is 158 Å². The van der Waals surface area contributed by atoms with Gasteiger partial charge in [0.2, 0.25) is 0 Å². The molecule has 0 aliphatic heterocycles. The van der Waals surface area contributed by atoms with Gasteiger partial charge in [-0.1, -0.05) is 18.5 Å². The van der Waals surface area contributed by atoms with Crippen LogP contribution in [0.15, 0.2) is 35.5 Å². The molecule has 10 nitrogen and oxygen atoms in total. The largest absolute Gasteiger partial charge is 0.462 e. The topological polar surface area (TPSA) is 145 Å². The minimum Gasteiger partial charge on any atom is -0.462 e. The smallest absolute Gasteiger partial charge is 0.339 e. The van der Waals surface area contributed by atoms with Crippen LogP contribution in [-0.4, -0.2) is 33.3 Å². The number of carbonyl (C=O) groups excluding carboxylic acids is 1. The van der Waals surface area contributed by atoms with E-state index in [0.717, 1.165) is 12.5 Å². The zero-order valence-corrected chi connectivity index (χ0v) is 14.7. The van der Waals surface area contributed by atoms with Crippen molar-refractivity contribution < 1.29 is 24.6 Å². The Morgan fingerprint density at radius 2 is 1.75 bits per heavy atom. The lowest BCUT2D eigenvalue weighted by Crippen LogP contribution is -2.10. The van der Waals surface area contributed by atoms with E-state index < -0.39 is 15.8 Å². The number of esters is 1. The molecule has 1 aliphatic rings. The maximum atomic E-state index is 12.6. The highest BCUT2D eigenvalue weighted by Crippen LogP contribution is 2.43. The summed E-state index contributed by atoms with van der Waals surface area (Å²) in [5.41, 5.74) is 0.243. The summed E-state index contributed by atoms with van der Waals surface area (Å²) < 4.78 is 5.20. The van der Waals surface area contributed by atoms with Gasteiger partial charge in [-0.05, 0) is 18.1 Å². The number of nitro benzene ring substituents is 2. The first-order valence-corrected chi connectivity index (χ1v) is 8.40. The zero-order chi connectivity index (χ0) is 20.4. The molecule has 0 spiro atoms. The fraction of sp³-hybridized carbons (Fsp3) is 0.222. The normalized spacial score (nSPS) is 13.1. The minimum absolute atomic E-state index is 0.0611. The van der Waals surface area contributed by atoms with Crippen LogP contribution in [0, 0.1) is 20.2 Å². The molecule has 0 radical (unpaired) electrons. The van der Waals surface area contributed by atoms with Gasteiger partial charge in [-0.15, -0.1) is 0 Å². The summed E-state index contributed by atoms with van der Waals surface area (Å²) in [7, 11) is 0. The first-order valence-electron chi connectivity index (χ1n) is 8.40. The van der Waals surface area contributed by atoms with Crippen LogP contribution >= 0.6 is 0 Å². The molecule has 2 aromatic rings. The number of fused-ring (bicyclic) bond motifs is 3. The number of ether oxygens (including phenoxy) is 1. The summed E-state index contributed by atoms with van der Waals surface area (Å²) >= 11 is 0. The minimum atomic E-state index is -0.753. The highest BCUT2D eigenvalue weighted by molar-refractivity contribution is 6.27. The second kappa shape index (κ2) is 7.43. The highest BCUT2D eigenvalue weighted by atomic mass is 16.6. The van der Waals surface area contributed by atoms with E-state index in [1.165, 1.54) is 24.3 Å². The lowest BCUT2D eigenvalue weighted by atomic mass is 9.98. The number of nitrogens with zero attached hydrogens (tertiary/aromatic N) is 3. The Morgan fingerprint density at radius 1 is 1.07 bits per heavy atom. The third-order valence-corrected chi connectivity index (χ3v) is 4.38. The Kier molecular flexibility index (Phi) is 5.03. The Bertz CT molecular complexity index is 1030. The van der Waals surface area contributed by atoms with Gasteiger partial charge in [0.05, 0.1) is 22.0 Å². The zero-order valence-electron chi connectivity index (χ0n) is 14.7. The summed E-state index contributed by atoms with van der Waals surface area (Å²) in [6.45, 7) is 2.08. The van der Waals surface area contributed by atoms with Crippen LogP contribution in [-0.2, 0) is 4.74 Å². The van der Waals surface area contributed by atoms with Crippen molar-refractivity contribution in [3.05, 3.63) is 67.3 Å². The van der Waals surface area contributed by atoms with Gasteiger partial charge < -0.3 is 9.94 Å². The summed E-state index contributed by atoms with van der Waals surface area (Å²) in [6, 6.07) is 6.12. The predicted molar refractivity (Wildman–Crippen MR) is 97.8 cm³/mol. The maximum absolute atomic E-state index is 12.6.